The van der Waals surface area contributed by atoms with Gasteiger partial charge in [-0.1, -0.05) is 13.3 Å². The van der Waals surface area contributed by atoms with Crippen LogP contribution in [0.3, 0.4) is 0 Å². The number of carbonyl (C=O) groups is 2. The molecule has 18 heavy (non-hydrogen) atoms. The highest BCUT2D eigenvalue weighted by Gasteiger charge is 2.25. The van der Waals surface area contributed by atoms with Crippen LogP contribution in [0.2, 0.25) is 0 Å². The quantitative estimate of drug-likeness (QED) is 0.803. The molecule has 1 aliphatic rings. The summed E-state index contributed by atoms with van der Waals surface area (Å²) in [5, 5.41) is 5.97. The van der Waals surface area contributed by atoms with Crippen molar-refractivity contribution in [3.8, 4) is 0 Å². The van der Waals surface area contributed by atoms with Crippen LogP contribution in [0.15, 0.2) is 18.2 Å². The van der Waals surface area contributed by atoms with Gasteiger partial charge in [0, 0.05) is 0 Å². The third kappa shape index (κ3) is 2.30. The molecular weight excluding hydrogens is 232 g/mol. The number of carbonyl (C=O) groups excluding carboxylic acids is 2. The van der Waals surface area contributed by atoms with E-state index in [0.717, 1.165) is 18.5 Å². The molecule has 2 N–H and O–H groups in total. The van der Waals surface area contributed by atoms with E-state index in [1.807, 2.05) is 6.92 Å². The van der Waals surface area contributed by atoms with E-state index >= 15 is 0 Å². The number of rotatable bonds is 3. The lowest BCUT2D eigenvalue weighted by Crippen LogP contribution is -2.38. The average molecular weight is 248 g/mol. The topological polar surface area (TPSA) is 67.4 Å². The SMILES string of the molecule is CCCC1Nc2ccc(C(=O)OC)cc2NC1=O. The van der Waals surface area contributed by atoms with Crippen molar-refractivity contribution in [2.24, 2.45) is 0 Å². The van der Waals surface area contributed by atoms with Crippen LogP contribution in [0.5, 0.6) is 0 Å². The first-order chi connectivity index (χ1) is 8.65. The second-order valence-electron chi connectivity index (χ2n) is 4.23. The molecule has 1 heterocycles. The van der Waals surface area contributed by atoms with Crippen LogP contribution < -0.4 is 10.6 Å². The predicted molar refractivity (Wildman–Crippen MR) is 68.7 cm³/mol. The van der Waals surface area contributed by atoms with Crippen molar-refractivity contribution in [1.29, 1.82) is 0 Å². The number of anilines is 2. The van der Waals surface area contributed by atoms with Crippen molar-refractivity contribution in [3.05, 3.63) is 23.8 Å². The Bertz CT molecular complexity index is 485. The minimum Gasteiger partial charge on any atom is -0.465 e. The number of benzene rings is 1. The maximum Gasteiger partial charge on any atom is 0.337 e. The van der Waals surface area contributed by atoms with Gasteiger partial charge in [0.15, 0.2) is 0 Å². The fourth-order valence-corrected chi connectivity index (χ4v) is 1.98. The van der Waals surface area contributed by atoms with E-state index in [0.29, 0.717) is 11.3 Å². The van der Waals surface area contributed by atoms with Gasteiger partial charge < -0.3 is 15.4 Å². The largest absolute Gasteiger partial charge is 0.465 e. The van der Waals surface area contributed by atoms with Gasteiger partial charge in [-0.25, -0.2) is 4.79 Å². The summed E-state index contributed by atoms with van der Waals surface area (Å²) in [5.41, 5.74) is 1.88. The maximum atomic E-state index is 11.8. The van der Waals surface area contributed by atoms with Gasteiger partial charge >= 0.3 is 5.97 Å². The average Bonchev–Trinajstić information content (AvgIpc) is 2.38. The summed E-state index contributed by atoms with van der Waals surface area (Å²) < 4.78 is 4.64. The second kappa shape index (κ2) is 5.08. The summed E-state index contributed by atoms with van der Waals surface area (Å²) in [6.45, 7) is 2.03. The minimum atomic E-state index is -0.414. The van der Waals surface area contributed by atoms with E-state index < -0.39 is 5.97 Å². The van der Waals surface area contributed by atoms with E-state index in [4.69, 9.17) is 0 Å². The highest BCUT2D eigenvalue weighted by Crippen LogP contribution is 2.29. The molecule has 0 radical (unpaired) electrons. The van der Waals surface area contributed by atoms with Gasteiger partial charge in [-0.3, -0.25) is 4.79 Å². The molecule has 1 aromatic rings. The van der Waals surface area contributed by atoms with Crippen molar-refractivity contribution < 1.29 is 14.3 Å². The summed E-state index contributed by atoms with van der Waals surface area (Å²) in [6.07, 6.45) is 1.71. The fraction of sp³-hybridized carbons (Fsp3) is 0.385. The van der Waals surface area contributed by atoms with E-state index in [1.54, 1.807) is 18.2 Å². The summed E-state index contributed by atoms with van der Waals surface area (Å²) in [6, 6.07) is 4.88. The van der Waals surface area contributed by atoms with E-state index in [2.05, 4.69) is 15.4 Å². The van der Waals surface area contributed by atoms with Crippen LogP contribution in [0.25, 0.3) is 0 Å². The van der Waals surface area contributed by atoms with Gasteiger partial charge in [0.05, 0.1) is 24.0 Å². The van der Waals surface area contributed by atoms with E-state index in [9.17, 15) is 9.59 Å². The maximum absolute atomic E-state index is 11.8. The first kappa shape index (κ1) is 12.4. The molecule has 1 aliphatic heterocycles. The Morgan fingerprint density at radius 2 is 2.17 bits per heavy atom. The van der Waals surface area contributed by atoms with Gasteiger partial charge in [0.1, 0.15) is 6.04 Å². The van der Waals surface area contributed by atoms with Crippen LogP contribution in [0.1, 0.15) is 30.1 Å². The number of amides is 1. The fourth-order valence-electron chi connectivity index (χ4n) is 1.98. The summed E-state index contributed by atoms with van der Waals surface area (Å²) in [7, 11) is 1.33. The first-order valence-corrected chi connectivity index (χ1v) is 5.95. The van der Waals surface area contributed by atoms with E-state index in [1.165, 1.54) is 7.11 Å². The Morgan fingerprint density at radius 3 is 2.83 bits per heavy atom. The van der Waals surface area contributed by atoms with Crippen LogP contribution >= 0.6 is 0 Å². The summed E-state index contributed by atoms with van der Waals surface area (Å²) in [5.74, 6) is -0.478. The molecule has 2 rings (SSSR count). The molecule has 0 saturated carbocycles. The molecule has 0 saturated heterocycles. The number of nitrogens with one attached hydrogen (secondary N) is 2. The van der Waals surface area contributed by atoms with Gasteiger partial charge in [-0.15, -0.1) is 0 Å². The number of esters is 1. The number of hydrogen-bond donors (Lipinski definition) is 2. The molecule has 1 aromatic carbocycles. The zero-order valence-electron chi connectivity index (χ0n) is 10.4. The van der Waals surface area contributed by atoms with Gasteiger partial charge in [0.25, 0.3) is 0 Å². The van der Waals surface area contributed by atoms with Gasteiger partial charge in [-0.05, 0) is 24.6 Å². The van der Waals surface area contributed by atoms with Crippen molar-refractivity contribution in [2.45, 2.75) is 25.8 Å². The number of ether oxygens (including phenoxy) is 1. The van der Waals surface area contributed by atoms with Crippen molar-refractivity contribution in [1.82, 2.24) is 0 Å². The third-order valence-electron chi connectivity index (χ3n) is 2.92. The zero-order chi connectivity index (χ0) is 13.1. The first-order valence-electron chi connectivity index (χ1n) is 5.95. The second-order valence-corrected chi connectivity index (χ2v) is 4.23. The van der Waals surface area contributed by atoms with E-state index in [-0.39, 0.29) is 11.9 Å². The highest BCUT2D eigenvalue weighted by atomic mass is 16.5. The number of methoxy groups -OCH3 is 1. The van der Waals surface area contributed by atoms with Crippen LogP contribution in [-0.4, -0.2) is 25.0 Å². The lowest BCUT2D eigenvalue weighted by molar-refractivity contribution is -0.117. The standard InChI is InChI=1S/C13H16N2O3/c1-3-4-10-12(16)15-11-7-8(13(17)18-2)5-6-9(11)14-10/h5-7,10,14H,3-4H2,1-2H3,(H,15,16). The molecule has 0 fully saturated rings. The Hall–Kier alpha value is -2.04. The van der Waals surface area contributed by atoms with Crippen molar-refractivity contribution >= 4 is 23.3 Å². The normalized spacial score (nSPS) is 17.4. The molecule has 1 unspecified atom stereocenters. The zero-order valence-corrected chi connectivity index (χ0v) is 10.4. The summed E-state index contributed by atoms with van der Waals surface area (Å²) >= 11 is 0. The molecule has 1 amide bonds. The molecule has 5 heteroatoms. The predicted octanol–water partition coefficient (Wildman–Crippen LogP) is 2.01. The van der Waals surface area contributed by atoms with Crippen molar-refractivity contribution in [3.63, 3.8) is 0 Å². The van der Waals surface area contributed by atoms with Crippen LogP contribution in [0.4, 0.5) is 11.4 Å². The molecule has 5 nitrogen and oxygen atoms in total. The Balaban J connectivity index is 2.26. The molecule has 0 aromatic heterocycles. The summed E-state index contributed by atoms with van der Waals surface area (Å²) in [4.78, 5) is 23.2. The Kier molecular flexibility index (Phi) is 3.50. The molecule has 1 atom stereocenters. The smallest absolute Gasteiger partial charge is 0.337 e. The molecule has 0 spiro atoms. The van der Waals surface area contributed by atoms with Gasteiger partial charge in [0.2, 0.25) is 5.91 Å². The number of fused-ring (bicyclic) bond motifs is 1. The Morgan fingerprint density at radius 1 is 1.39 bits per heavy atom. The monoisotopic (exact) mass is 248 g/mol. The molecular formula is C13H16N2O3. The van der Waals surface area contributed by atoms with Crippen molar-refractivity contribution in [2.75, 3.05) is 17.7 Å². The number of hydrogen-bond acceptors (Lipinski definition) is 4. The van der Waals surface area contributed by atoms with Crippen LogP contribution in [0, 0.1) is 0 Å². The molecule has 0 bridgehead atoms. The third-order valence-corrected chi connectivity index (χ3v) is 2.92. The highest BCUT2D eigenvalue weighted by molar-refractivity contribution is 6.04. The van der Waals surface area contributed by atoms with Gasteiger partial charge in [-0.2, -0.15) is 0 Å². The lowest BCUT2D eigenvalue weighted by Gasteiger charge is -2.26. The molecule has 96 valence electrons. The lowest BCUT2D eigenvalue weighted by atomic mass is 10.1. The van der Waals surface area contributed by atoms with Crippen LogP contribution in [-0.2, 0) is 9.53 Å². The Labute approximate surface area is 106 Å². The minimum absolute atomic E-state index is 0.0636. The molecule has 0 aliphatic carbocycles.